The van der Waals surface area contributed by atoms with Gasteiger partial charge in [0, 0.05) is 11.2 Å². The maximum absolute atomic E-state index is 9.31. The van der Waals surface area contributed by atoms with Gasteiger partial charge in [0.05, 0.1) is 11.9 Å². The average Bonchev–Trinajstić information content (AvgIpc) is 2.95. The van der Waals surface area contributed by atoms with Crippen LogP contribution in [0, 0.1) is 0 Å². The third-order valence-electron chi connectivity index (χ3n) is 2.58. The first-order valence-electron chi connectivity index (χ1n) is 5.29. The van der Waals surface area contributed by atoms with Gasteiger partial charge in [0.2, 0.25) is 5.89 Å². The summed E-state index contributed by atoms with van der Waals surface area (Å²) >= 11 is 1.64. The summed E-state index contributed by atoms with van der Waals surface area (Å²) in [5, 5.41) is 13.4. The lowest BCUT2D eigenvalue weighted by atomic mass is 10.3. The van der Waals surface area contributed by atoms with E-state index in [4.69, 9.17) is 4.52 Å². The van der Waals surface area contributed by atoms with E-state index in [-0.39, 0.29) is 11.4 Å². The maximum Gasteiger partial charge on any atom is 0.236 e. The van der Waals surface area contributed by atoms with Crippen LogP contribution in [-0.4, -0.2) is 26.6 Å². The summed E-state index contributed by atoms with van der Waals surface area (Å²) in [4.78, 5) is 4.32. The number of rotatable bonds is 5. The van der Waals surface area contributed by atoms with E-state index >= 15 is 0 Å². The number of nitrogens with zero attached hydrogens (tertiary/aromatic N) is 2. The zero-order valence-electron chi connectivity index (χ0n) is 9.01. The van der Waals surface area contributed by atoms with Crippen LogP contribution in [0.25, 0.3) is 0 Å². The highest BCUT2D eigenvalue weighted by Crippen LogP contribution is 2.38. The summed E-state index contributed by atoms with van der Waals surface area (Å²) in [6.45, 7) is 3.79. The van der Waals surface area contributed by atoms with Crippen LogP contribution in [0.3, 0.4) is 0 Å². The van der Waals surface area contributed by atoms with E-state index in [0.29, 0.717) is 17.6 Å². The highest BCUT2D eigenvalue weighted by atomic mass is 32.2. The Morgan fingerprint density at radius 2 is 2.27 bits per heavy atom. The van der Waals surface area contributed by atoms with E-state index in [0.717, 1.165) is 5.82 Å². The average molecular weight is 228 g/mol. The molecule has 2 rings (SSSR count). The minimum absolute atomic E-state index is 0.196. The molecule has 2 atom stereocenters. The molecule has 1 aliphatic rings. The molecule has 2 unspecified atom stereocenters. The fourth-order valence-electron chi connectivity index (χ4n) is 1.18. The molecule has 1 fully saturated rings. The van der Waals surface area contributed by atoms with E-state index in [1.54, 1.807) is 18.7 Å². The van der Waals surface area contributed by atoms with Crippen molar-refractivity contribution in [2.24, 2.45) is 0 Å². The summed E-state index contributed by atoms with van der Waals surface area (Å²) in [6, 6.07) is 0. The second kappa shape index (κ2) is 4.53. The molecule has 1 aromatic heterocycles. The zero-order valence-corrected chi connectivity index (χ0v) is 9.83. The van der Waals surface area contributed by atoms with E-state index in [2.05, 4.69) is 10.1 Å². The molecule has 1 heterocycles. The first-order valence-corrected chi connectivity index (χ1v) is 6.34. The van der Waals surface area contributed by atoms with Crippen molar-refractivity contribution < 1.29 is 9.63 Å². The van der Waals surface area contributed by atoms with Crippen molar-refractivity contribution >= 4 is 11.8 Å². The van der Waals surface area contributed by atoms with Crippen LogP contribution in [0.1, 0.15) is 44.3 Å². The van der Waals surface area contributed by atoms with E-state index < -0.39 is 0 Å². The quantitative estimate of drug-likeness (QED) is 0.834. The summed E-state index contributed by atoms with van der Waals surface area (Å²) in [7, 11) is 0. The molecule has 0 aromatic carbocycles. The Morgan fingerprint density at radius 3 is 2.87 bits per heavy atom. The van der Waals surface area contributed by atoms with Crippen molar-refractivity contribution in [3.8, 4) is 0 Å². The molecule has 0 bridgehead atoms. The van der Waals surface area contributed by atoms with Crippen LogP contribution in [0.2, 0.25) is 0 Å². The Balaban J connectivity index is 1.82. The topological polar surface area (TPSA) is 59.2 Å². The van der Waals surface area contributed by atoms with Gasteiger partial charge in [-0.05, 0) is 19.8 Å². The molecule has 0 radical (unpaired) electrons. The van der Waals surface area contributed by atoms with Crippen LogP contribution < -0.4 is 0 Å². The van der Waals surface area contributed by atoms with Crippen molar-refractivity contribution in [1.82, 2.24) is 10.1 Å². The summed E-state index contributed by atoms with van der Waals surface area (Å²) in [5.74, 6) is 2.76. The predicted octanol–water partition coefficient (Wildman–Crippen LogP) is 1.95. The summed E-state index contributed by atoms with van der Waals surface area (Å²) < 4.78 is 5.13. The van der Waals surface area contributed by atoms with E-state index in [1.165, 1.54) is 12.8 Å². The van der Waals surface area contributed by atoms with Crippen molar-refractivity contribution in [3.05, 3.63) is 11.7 Å². The fraction of sp³-hybridized carbons (Fsp3) is 0.800. The molecule has 15 heavy (non-hydrogen) atoms. The van der Waals surface area contributed by atoms with Gasteiger partial charge in [-0.1, -0.05) is 12.1 Å². The molecule has 4 nitrogen and oxygen atoms in total. The Labute approximate surface area is 93.4 Å². The molecule has 1 aromatic rings. The minimum atomic E-state index is -0.305. The number of thioether (sulfide) groups is 1. The van der Waals surface area contributed by atoms with Crippen molar-refractivity contribution in [1.29, 1.82) is 0 Å². The van der Waals surface area contributed by atoms with Crippen LogP contribution >= 0.6 is 11.8 Å². The molecule has 0 aliphatic heterocycles. The Hall–Kier alpha value is -0.550. The molecular formula is C10H16N2O2S. The van der Waals surface area contributed by atoms with E-state index in [1.807, 2.05) is 6.92 Å². The van der Waals surface area contributed by atoms with Gasteiger partial charge in [0.15, 0.2) is 5.82 Å². The van der Waals surface area contributed by atoms with Gasteiger partial charge in [0.1, 0.15) is 0 Å². The van der Waals surface area contributed by atoms with Gasteiger partial charge in [-0.25, -0.2) is 0 Å². The first kappa shape index (κ1) is 11.0. The Kier molecular flexibility index (Phi) is 3.31. The van der Waals surface area contributed by atoms with Crippen LogP contribution in [0.4, 0.5) is 0 Å². The van der Waals surface area contributed by atoms with Gasteiger partial charge in [0.25, 0.3) is 0 Å². The minimum Gasteiger partial charge on any atom is -0.392 e. The highest BCUT2D eigenvalue weighted by molar-refractivity contribution is 7.99. The van der Waals surface area contributed by atoms with Gasteiger partial charge in [-0.2, -0.15) is 4.98 Å². The van der Waals surface area contributed by atoms with Gasteiger partial charge in [-0.3, -0.25) is 0 Å². The molecule has 5 heteroatoms. The lowest BCUT2D eigenvalue weighted by molar-refractivity contribution is 0.196. The van der Waals surface area contributed by atoms with Crippen molar-refractivity contribution in [2.45, 2.75) is 49.7 Å². The van der Waals surface area contributed by atoms with Gasteiger partial charge >= 0.3 is 0 Å². The monoisotopic (exact) mass is 228 g/mol. The molecule has 1 saturated carbocycles. The second-order valence-corrected chi connectivity index (χ2v) is 5.44. The molecule has 1 N–H and O–H groups in total. The SMILES string of the molecule is CC(O)C(C)SCc1nc(C2CC2)no1. The number of aliphatic hydroxyl groups is 1. The van der Waals surface area contributed by atoms with Crippen molar-refractivity contribution in [2.75, 3.05) is 0 Å². The van der Waals surface area contributed by atoms with Crippen LogP contribution in [0.15, 0.2) is 4.52 Å². The first-order chi connectivity index (χ1) is 7.16. The van der Waals surface area contributed by atoms with Crippen LogP contribution in [-0.2, 0) is 5.75 Å². The second-order valence-electron chi connectivity index (χ2n) is 4.08. The van der Waals surface area contributed by atoms with Gasteiger partial charge in [-0.15, -0.1) is 11.8 Å². The third-order valence-corrected chi connectivity index (χ3v) is 3.91. The normalized spacial score (nSPS) is 20.2. The smallest absolute Gasteiger partial charge is 0.236 e. The largest absolute Gasteiger partial charge is 0.392 e. The molecule has 0 amide bonds. The molecule has 84 valence electrons. The summed E-state index contributed by atoms with van der Waals surface area (Å²) in [5.41, 5.74) is 0. The number of aromatic nitrogens is 2. The number of hydrogen-bond donors (Lipinski definition) is 1. The number of hydrogen-bond acceptors (Lipinski definition) is 5. The maximum atomic E-state index is 9.31. The van der Waals surface area contributed by atoms with E-state index in [9.17, 15) is 5.11 Å². The molecular weight excluding hydrogens is 212 g/mol. The standard InChI is InChI=1S/C10H16N2O2S/c1-6(13)7(2)15-5-9-11-10(12-14-9)8-3-4-8/h6-8,13H,3-5H2,1-2H3. The third kappa shape index (κ3) is 2.95. The fourth-order valence-corrected chi connectivity index (χ4v) is 1.98. The lowest BCUT2D eigenvalue weighted by Gasteiger charge is -2.11. The number of aliphatic hydroxyl groups excluding tert-OH is 1. The highest BCUT2D eigenvalue weighted by Gasteiger charge is 2.28. The molecule has 0 saturated heterocycles. The molecule has 1 aliphatic carbocycles. The Morgan fingerprint density at radius 1 is 1.53 bits per heavy atom. The summed E-state index contributed by atoms with van der Waals surface area (Å²) in [6.07, 6.45) is 2.08. The lowest BCUT2D eigenvalue weighted by Crippen LogP contribution is -2.15. The van der Waals surface area contributed by atoms with Crippen LogP contribution in [0.5, 0.6) is 0 Å². The molecule has 0 spiro atoms. The van der Waals surface area contributed by atoms with Gasteiger partial charge < -0.3 is 9.63 Å². The zero-order chi connectivity index (χ0) is 10.8. The predicted molar refractivity (Wildman–Crippen MR) is 58.7 cm³/mol. The van der Waals surface area contributed by atoms with Crippen molar-refractivity contribution in [3.63, 3.8) is 0 Å². The Bertz CT molecular complexity index is 323.